The molecule has 2 aromatic rings. The SMILES string of the molecule is C[C@@H](NC(=O)C1CCCN1S(=O)(=O)c1ccc(Cl)cc1)c1ccccc1. The second-order valence-electron chi connectivity index (χ2n) is 6.37. The maximum Gasteiger partial charge on any atom is 0.243 e. The van der Waals surface area contributed by atoms with Gasteiger partial charge in [0, 0.05) is 11.6 Å². The van der Waals surface area contributed by atoms with Gasteiger partial charge in [0.05, 0.1) is 10.9 Å². The molecule has 1 N–H and O–H groups in total. The molecule has 5 nitrogen and oxygen atoms in total. The largest absolute Gasteiger partial charge is 0.348 e. The van der Waals surface area contributed by atoms with Crippen LogP contribution in [0.3, 0.4) is 0 Å². The average molecular weight is 393 g/mol. The summed E-state index contributed by atoms with van der Waals surface area (Å²) in [5.74, 6) is -0.267. The third-order valence-corrected chi connectivity index (χ3v) is 6.76. The number of amides is 1. The summed E-state index contributed by atoms with van der Waals surface area (Å²) in [6, 6.07) is 14.7. The molecule has 7 heteroatoms. The molecule has 0 bridgehead atoms. The topological polar surface area (TPSA) is 66.5 Å². The fourth-order valence-corrected chi connectivity index (χ4v) is 4.95. The number of hydrogen-bond donors (Lipinski definition) is 1. The van der Waals surface area contributed by atoms with Crippen LogP contribution < -0.4 is 5.32 Å². The zero-order valence-corrected chi connectivity index (χ0v) is 16.0. The smallest absolute Gasteiger partial charge is 0.243 e. The zero-order chi connectivity index (χ0) is 18.7. The van der Waals surface area contributed by atoms with E-state index >= 15 is 0 Å². The van der Waals surface area contributed by atoms with Crippen molar-refractivity contribution in [3.63, 3.8) is 0 Å². The molecule has 0 saturated carbocycles. The van der Waals surface area contributed by atoms with Crippen molar-refractivity contribution in [1.82, 2.24) is 9.62 Å². The van der Waals surface area contributed by atoms with Crippen molar-refractivity contribution < 1.29 is 13.2 Å². The van der Waals surface area contributed by atoms with Gasteiger partial charge >= 0.3 is 0 Å². The number of rotatable bonds is 5. The molecule has 26 heavy (non-hydrogen) atoms. The molecule has 0 radical (unpaired) electrons. The third-order valence-electron chi connectivity index (χ3n) is 4.58. The van der Waals surface area contributed by atoms with Crippen LogP contribution in [0.1, 0.15) is 31.4 Å². The first kappa shape index (κ1) is 18.9. The highest BCUT2D eigenvalue weighted by atomic mass is 35.5. The summed E-state index contributed by atoms with van der Waals surface area (Å²) in [6.45, 7) is 2.23. The van der Waals surface area contributed by atoms with E-state index in [0.29, 0.717) is 24.4 Å². The van der Waals surface area contributed by atoms with Gasteiger partial charge in [0.2, 0.25) is 15.9 Å². The van der Waals surface area contributed by atoms with E-state index in [2.05, 4.69) is 5.32 Å². The Morgan fingerprint density at radius 2 is 1.81 bits per heavy atom. The lowest BCUT2D eigenvalue weighted by Gasteiger charge is -2.25. The highest BCUT2D eigenvalue weighted by Gasteiger charge is 2.39. The summed E-state index contributed by atoms with van der Waals surface area (Å²) in [5.41, 5.74) is 0.978. The van der Waals surface area contributed by atoms with Crippen molar-refractivity contribution >= 4 is 27.5 Å². The molecular weight excluding hydrogens is 372 g/mol. The standard InChI is InChI=1S/C19H21ClN2O3S/c1-14(15-6-3-2-4-7-15)21-19(23)18-8-5-13-22(18)26(24,25)17-11-9-16(20)10-12-17/h2-4,6-7,9-12,14,18H,5,8,13H2,1H3,(H,21,23)/t14-,18?/m1/s1. The van der Waals surface area contributed by atoms with Gasteiger partial charge in [-0.05, 0) is 49.6 Å². The van der Waals surface area contributed by atoms with E-state index in [1.54, 1.807) is 0 Å². The van der Waals surface area contributed by atoms with Gasteiger partial charge in [-0.25, -0.2) is 8.42 Å². The number of hydrogen-bond acceptors (Lipinski definition) is 3. The van der Waals surface area contributed by atoms with E-state index in [-0.39, 0.29) is 16.8 Å². The van der Waals surface area contributed by atoms with Crippen LogP contribution in [0.5, 0.6) is 0 Å². The second-order valence-corrected chi connectivity index (χ2v) is 8.70. The van der Waals surface area contributed by atoms with Gasteiger partial charge in [-0.3, -0.25) is 4.79 Å². The normalized spacial score (nSPS) is 19.2. The second kappa shape index (κ2) is 7.78. The van der Waals surface area contributed by atoms with E-state index < -0.39 is 16.1 Å². The number of carbonyl (C=O) groups excluding carboxylic acids is 1. The Morgan fingerprint density at radius 3 is 2.46 bits per heavy atom. The fraction of sp³-hybridized carbons (Fsp3) is 0.316. The maximum atomic E-state index is 12.9. The molecule has 138 valence electrons. The minimum Gasteiger partial charge on any atom is -0.348 e. The first-order chi connectivity index (χ1) is 12.4. The molecular formula is C19H21ClN2O3S. The van der Waals surface area contributed by atoms with Crippen LogP contribution in [0.2, 0.25) is 5.02 Å². The molecule has 1 aliphatic rings. The van der Waals surface area contributed by atoms with Gasteiger partial charge < -0.3 is 5.32 Å². The minimum absolute atomic E-state index is 0.151. The summed E-state index contributed by atoms with van der Waals surface area (Å²) in [7, 11) is -3.74. The maximum absolute atomic E-state index is 12.9. The van der Waals surface area contributed by atoms with Crippen LogP contribution in [-0.2, 0) is 14.8 Å². The van der Waals surface area contributed by atoms with Gasteiger partial charge in [0.15, 0.2) is 0 Å². The van der Waals surface area contributed by atoms with Gasteiger partial charge in [-0.15, -0.1) is 0 Å². The summed E-state index contributed by atoms with van der Waals surface area (Å²) >= 11 is 5.84. The van der Waals surface area contributed by atoms with Crippen LogP contribution in [0, 0.1) is 0 Å². The van der Waals surface area contributed by atoms with Crippen LogP contribution >= 0.6 is 11.6 Å². The molecule has 0 aromatic heterocycles. The number of benzene rings is 2. The summed E-state index contributed by atoms with van der Waals surface area (Å²) < 4.78 is 27.1. The van der Waals surface area contributed by atoms with E-state index in [1.165, 1.54) is 28.6 Å². The summed E-state index contributed by atoms with van der Waals surface area (Å²) in [5, 5.41) is 3.40. The Morgan fingerprint density at radius 1 is 1.15 bits per heavy atom. The molecule has 1 unspecified atom stereocenters. The first-order valence-corrected chi connectivity index (χ1v) is 10.3. The number of nitrogens with one attached hydrogen (secondary N) is 1. The average Bonchev–Trinajstić information content (AvgIpc) is 3.13. The molecule has 1 amide bonds. The quantitative estimate of drug-likeness (QED) is 0.848. The van der Waals surface area contributed by atoms with Crippen molar-refractivity contribution in [2.75, 3.05) is 6.54 Å². The molecule has 1 saturated heterocycles. The van der Waals surface area contributed by atoms with Crippen molar-refractivity contribution in [3.05, 3.63) is 65.2 Å². The van der Waals surface area contributed by atoms with Crippen molar-refractivity contribution in [3.8, 4) is 0 Å². The molecule has 1 aliphatic heterocycles. The van der Waals surface area contributed by atoms with Gasteiger partial charge in [0.25, 0.3) is 0 Å². The predicted octanol–water partition coefficient (Wildman–Crippen LogP) is 3.37. The fourth-order valence-electron chi connectivity index (χ4n) is 3.17. The van der Waals surface area contributed by atoms with Gasteiger partial charge in [-0.2, -0.15) is 4.31 Å². The first-order valence-electron chi connectivity index (χ1n) is 8.52. The number of halogens is 1. The molecule has 0 aliphatic carbocycles. The third kappa shape index (κ3) is 3.92. The lowest BCUT2D eigenvalue weighted by atomic mass is 10.1. The van der Waals surface area contributed by atoms with Crippen LogP contribution in [-0.4, -0.2) is 31.2 Å². The van der Waals surface area contributed by atoms with Crippen LogP contribution in [0.15, 0.2) is 59.5 Å². The number of nitrogens with zero attached hydrogens (tertiary/aromatic N) is 1. The summed E-state index contributed by atoms with van der Waals surface area (Å²) in [6.07, 6.45) is 1.17. The lowest BCUT2D eigenvalue weighted by Crippen LogP contribution is -2.46. The molecule has 3 rings (SSSR count). The van der Waals surface area contributed by atoms with E-state index in [9.17, 15) is 13.2 Å². The molecule has 2 aromatic carbocycles. The predicted molar refractivity (Wildman–Crippen MR) is 101 cm³/mol. The monoisotopic (exact) mass is 392 g/mol. The Hall–Kier alpha value is -1.89. The lowest BCUT2D eigenvalue weighted by molar-refractivity contribution is -0.124. The highest BCUT2D eigenvalue weighted by molar-refractivity contribution is 7.89. The number of sulfonamides is 1. The Kier molecular flexibility index (Phi) is 5.65. The van der Waals surface area contributed by atoms with Gasteiger partial charge in [-0.1, -0.05) is 41.9 Å². The zero-order valence-electron chi connectivity index (χ0n) is 14.4. The Labute approximate surface area is 159 Å². The summed E-state index contributed by atoms with van der Waals surface area (Å²) in [4.78, 5) is 12.9. The Balaban J connectivity index is 1.77. The molecule has 1 heterocycles. The van der Waals surface area contributed by atoms with Crippen LogP contribution in [0.4, 0.5) is 0 Å². The van der Waals surface area contributed by atoms with Crippen LogP contribution in [0.25, 0.3) is 0 Å². The van der Waals surface area contributed by atoms with E-state index in [0.717, 1.165) is 5.56 Å². The number of carbonyl (C=O) groups is 1. The van der Waals surface area contributed by atoms with Crippen molar-refractivity contribution in [2.45, 2.75) is 36.7 Å². The molecule has 2 atom stereocenters. The van der Waals surface area contributed by atoms with E-state index in [1.807, 2.05) is 37.3 Å². The van der Waals surface area contributed by atoms with Crippen molar-refractivity contribution in [1.29, 1.82) is 0 Å². The molecule has 1 fully saturated rings. The highest BCUT2D eigenvalue weighted by Crippen LogP contribution is 2.27. The minimum atomic E-state index is -3.74. The molecule has 0 spiro atoms. The van der Waals surface area contributed by atoms with E-state index in [4.69, 9.17) is 11.6 Å². The Bertz CT molecular complexity index is 869. The van der Waals surface area contributed by atoms with Crippen molar-refractivity contribution in [2.24, 2.45) is 0 Å². The van der Waals surface area contributed by atoms with Gasteiger partial charge in [0.1, 0.15) is 6.04 Å².